The highest BCUT2D eigenvalue weighted by Crippen LogP contribution is 2.28. The van der Waals surface area contributed by atoms with Crippen molar-refractivity contribution in [2.24, 2.45) is 0 Å². The highest BCUT2D eigenvalue weighted by molar-refractivity contribution is 5.92. The molecule has 2 heterocycles. The molecule has 1 aromatic carbocycles. The van der Waals surface area contributed by atoms with E-state index in [0.717, 1.165) is 15.8 Å². The van der Waals surface area contributed by atoms with E-state index in [4.69, 9.17) is 9.47 Å². The Balaban J connectivity index is 1.75. The predicted molar refractivity (Wildman–Crippen MR) is 117 cm³/mol. The van der Waals surface area contributed by atoms with Gasteiger partial charge in [0, 0.05) is 17.1 Å². The van der Waals surface area contributed by atoms with Crippen molar-refractivity contribution < 1.29 is 29.3 Å². The number of carboxylic acid groups (broad SMARTS) is 1. The molecular weight excluding hydrogens is 416 g/mol. The molecule has 3 aromatic rings. The predicted octanol–water partition coefficient (Wildman–Crippen LogP) is 3.20. The molecule has 0 fully saturated rings. The lowest BCUT2D eigenvalue weighted by atomic mass is 10.0. The molecule has 0 spiro atoms. The summed E-state index contributed by atoms with van der Waals surface area (Å²) in [6.45, 7) is 6.75. The van der Waals surface area contributed by atoms with E-state index in [1.54, 1.807) is 52.1 Å². The molecule has 32 heavy (non-hydrogen) atoms. The second-order valence-corrected chi connectivity index (χ2v) is 8.23. The van der Waals surface area contributed by atoms with Crippen LogP contribution in [-0.4, -0.2) is 62.0 Å². The van der Waals surface area contributed by atoms with Gasteiger partial charge in [0.25, 0.3) is 0 Å². The van der Waals surface area contributed by atoms with E-state index < -0.39 is 23.9 Å². The number of carbonyl (C=O) groups excluding carboxylic acids is 1. The first kappa shape index (κ1) is 23.0. The fourth-order valence-corrected chi connectivity index (χ4v) is 3.08. The zero-order valence-corrected chi connectivity index (χ0v) is 18.3. The van der Waals surface area contributed by atoms with Crippen molar-refractivity contribution in [2.75, 3.05) is 13.2 Å². The molecule has 3 rings (SSSR count). The van der Waals surface area contributed by atoms with E-state index in [9.17, 15) is 19.8 Å². The number of fused-ring (bicyclic) bond motifs is 1. The number of aryl methyl sites for hydroxylation is 1. The van der Waals surface area contributed by atoms with E-state index in [1.165, 1.54) is 6.20 Å². The van der Waals surface area contributed by atoms with Crippen molar-refractivity contribution >= 4 is 23.1 Å². The van der Waals surface area contributed by atoms with Crippen LogP contribution >= 0.6 is 0 Å². The van der Waals surface area contributed by atoms with Gasteiger partial charge in [0.2, 0.25) is 0 Å². The minimum absolute atomic E-state index is 0.0508. The number of rotatable bonds is 6. The molecule has 0 saturated carbocycles. The molecule has 0 bridgehead atoms. The third-order valence-corrected chi connectivity index (χ3v) is 4.47. The van der Waals surface area contributed by atoms with Gasteiger partial charge in [0.1, 0.15) is 17.5 Å². The Bertz CT molecular complexity index is 1140. The number of alkyl carbamates (subject to hydrolysis) is 1. The third kappa shape index (κ3) is 5.52. The summed E-state index contributed by atoms with van der Waals surface area (Å²) in [5.74, 6) is 0.408. The van der Waals surface area contributed by atoms with Crippen molar-refractivity contribution in [3.8, 4) is 16.9 Å². The topological polar surface area (TPSA) is 136 Å². The number of aliphatic hydroxyl groups excluding tert-OH is 1. The minimum atomic E-state index is -1.15. The molecule has 0 aliphatic rings. The van der Waals surface area contributed by atoms with Crippen LogP contribution < -0.4 is 10.1 Å². The smallest absolute Gasteiger partial charge is 0.432 e. The number of ether oxygens (including phenoxy) is 2. The normalized spacial score (nSPS) is 12.4. The molecule has 1 amide bonds. The van der Waals surface area contributed by atoms with Crippen LogP contribution in [0.4, 0.5) is 9.59 Å². The van der Waals surface area contributed by atoms with Crippen LogP contribution in [0, 0.1) is 6.92 Å². The summed E-state index contributed by atoms with van der Waals surface area (Å²) in [5.41, 5.74) is 2.00. The molecule has 1 unspecified atom stereocenters. The third-order valence-electron chi connectivity index (χ3n) is 4.47. The van der Waals surface area contributed by atoms with Crippen LogP contribution in [0.5, 0.6) is 5.75 Å². The summed E-state index contributed by atoms with van der Waals surface area (Å²) in [6.07, 6.45) is 0.710. The highest BCUT2D eigenvalue weighted by Gasteiger charge is 2.18. The van der Waals surface area contributed by atoms with Gasteiger partial charge in [-0.25, -0.2) is 9.59 Å². The number of carbonyl (C=O) groups is 2. The zero-order chi connectivity index (χ0) is 23.5. The molecule has 0 aliphatic heterocycles. The second-order valence-electron chi connectivity index (χ2n) is 8.23. The summed E-state index contributed by atoms with van der Waals surface area (Å²) < 4.78 is 11.9. The number of aliphatic hydroxyl groups is 1. The van der Waals surface area contributed by atoms with E-state index in [0.29, 0.717) is 22.3 Å². The first-order valence-electron chi connectivity index (χ1n) is 10.00. The number of amides is 1. The lowest BCUT2D eigenvalue weighted by molar-refractivity contribution is 0.0475. The van der Waals surface area contributed by atoms with Crippen LogP contribution in [-0.2, 0) is 4.74 Å². The van der Waals surface area contributed by atoms with Crippen molar-refractivity contribution in [3.63, 3.8) is 0 Å². The van der Waals surface area contributed by atoms with E-state index >= 15 is 0 Å². The zero-order valence-electron chi connectivity index (χ0n) is 18.3. The maximum absolute atomic E-state index is 11.8. The SMILES string of the molecule is Cc1nn(C(=O)O)c2ccc(-c3cncc(OC(CO)CNC(=O)OC(C)(C)C)c3)cc12. The Hall–Kier alpha value is -3.66. The number of benzene rings is 1. The highest BCUT2D eigenvalue weighted by atomic mass is 16.6. The molecule has 3 N–H and O–H groups in total. The van der Waals surface area contributed by atoms with Gasteiger partial charge in [0.05, 0.1) is 30.6 Å². The molecule has 0 saturated heterocycles. The Morgan fingerprint density at radius 1 is 1.19 bits per heavy atom. The van der Waals surface area contributed by atoms with Gasteiger partial charge in [-0.05, 0) is 51.5 Å². The molecule has 1 atom stereocenters. The van der Waals surface area contributed by atoms with Crippen LogP contribution in [0.2, 0.25) is 0 Å². The summed E-state index contributed by atoms with van der Waals surface area (Å²) in [5, 5.41) is 26.2. The van der Waals surface area contributed by atoms with Crippen molar-refractivity contribution in [1.29, 1.82) is 0 Å². The number of hydrogen-bond donors (Lipinski definition) is 3. The monoisotopic (exact) mass is 442 g/mol. The van der Waals surface area contributed by atoms with Crippen LogP contribution in [0.25, 0.3) is 22.0 Å². The van der Waals surface area contributed by atoms with Gasteiger partial charge in [-0.2, -0.15) is 9.78 Å². The first-order chi connectivity index (χ1) is 15.1. The minimum Gasteiger partial charge on any atom is -0.485 e. The number of aromatic nitrogens is 3. The summed E-state index contributed by atoms with van der Waals surface area (Å²) in [7, 11) is 0. The Kier molecular flexibility index (Phi) is 6.64. The Morgan fingerprint density at radius 3 is 2.59 bits per heavy atom. The molecule has 10 heteroatoms. The standard InChI is InChI=1S/C22H26N4O6/c1-13-18-8-14(5-6-19(18)26(25-13)21(29)30)15-7-16(10-23-9-15)31-17(12-27)11-24-20(28)32-22(2,3)4/h5-10,17,27H,11-12H2,1-4H3,(H,24,28)(H,29,30). The maximum atomic E-state index is 11.8. The van der Waals surface area contributed by atoms with Crippen LogP contribution in [0.15, 0.2) is 36.7 Å². The molecular formula is C22H26N4O6. The van der Waals surface area contributed by atoms with E-state index in [-0.39, 0.29) is 13.2 Å². The lowest BCUT2D eigenvalue weighted by Gasteiger charge is -2.22. The van der Waals surface area contributed by atoms with Gasteiger partial charge in [0.15, 0.2) is 0 Å². The average Bonchev–Trinajstić information content (AvgIpc) is 3.06. The van der Waals surface area contributed by atoms with Gasteiger partial charge in [-0.15, -0.1) is 0 Å². The molecule has 170 valence electrons. The van der Waals surface area contributed by atoms with Crippen LogP contribution in [0.1, 0.15) is 26.5 Å². The number of pyridine rings is 1. The number of nitrogens with one attached hydrogen (secondary N) is 1. The Labute approximate surface area is 184 Å². The van der Waals surface area contributed by atoms with Gasteiger partial charge >= 0.3 is 12.2 Å². The van der Waals surface area contributed by atoms with E-state index in [2.05, 4.69) is 15.4 Å². The van der Waals surface area contributed by atoms with E-state index in [1.807, 2.05) is 6.07 Å². The average molecular weight is 442 g/mol. The largest absolute Gasteiger partial charge is 0.485 e. The fraction of sp³-hybridized carbons (Fsp3) is 0.364. The summed E-state index contributed by atoms with van der Waals surface area (Å²) >= 11 is 0. The first-order valence-corrected chi connectivity index (χ1v) is 10.00. The van der Waals surface area contributed by atoms with Crippen LogP contribution in [0.3, 0.4) is 0 Å². The summed E-state index contributed by atoms with van der Waals surface area (Å²) in [6, 6.07) is 7.05. The quantitative estimate of drug-likeness (QED) is 0.529. The maximum Gasteiger partial charge on any atom is 0.432 e. The number of nitrogens with zero attached hydrogens (tertiary/aromatic N) is 3. The van der Waals surface area contributed by atoms with Crippen molar-refractivity contribution in [2.45, 2.75) is 39.4 Å². The lowest BCUT2D eigenvalue weighted by Crippen LogP contribution is -2.40. The molecule has 10 nitrogen and oxygen atoms in total. The van der Waals surface area contributed by atoms with Crippen molar-refractivity contribution in [3.05, 3.63) is 42.4 Å². The summed E-state index contributed by atoms with van der Waals surface area (Å²) in [4.78, 5) is 27.4. The number of hydrogen-bond acceptors (Lipinski definition) is 7. The van der Waals surface area contributed by atoms with Gasteiger partial charge < -0.3 is 25.0 Å². The second kappa shape index (κ2) is 9.23. The molecule has 0 radical (unpaired) electrons. The molecule has 0 aliphatic carbocycles. The fourth-order valence-electron chi connectivity index (χ4n) is 3.08. The van der Waals surface area contributed by atoms with Gasteiger partial charge in [-0.3, -0.25) is 4.98 Å². The molecule has 2 aromatic heterocycles. The van der Waals surface area contributed by atoms with Gasteiger partial charge in [-0.1, -0.05) is 6.07 Å². The van der Waals surface area contributed by atoms with Crippen molar-refractivity contribution in [1.82, 2.24) is 20.1 Å². The Morgan fingerprint density at radius 2 is 1.94 bits per heavy atom.